The first kappa shape index (κ1) is 13.9. The number of methoxy groups -OCH3 is 1. The van der Waals surface area contributed by atoms with Crippen molar-refractivity contribution in [3.05, 3.63) is 36.7 Å². The quantitative estimate of drug-likeness (QED) is 0.829. The average molecular weight is 286 g/mol. The van der Waals surface area contributed by atoms with E-state index in [-0.39, 0.29) is 0 Å². The van der Waals surface area contributed by atoms with Crippen molar-refractivity contribution in [2.45, 2.75) is 12.8 Å². The van der Waals surface area contributed by atoms with Crippen molar-refractivity contribution in [1.29, 1.82) is 0 Å². The Kier molecular flexibility index (Phi) is 4.40. The molecule has 0 aliphatic carbocycles. The number of rotatable bonds is 6. The van der Waals surface area contributed by atoms with Gasteiger partial charge in [-0.25, -0.2) is 4.98 Å². The fourth-order valence-corrected chi connectivity index (χ4v) is 2.71. The molecule has 0 unspecified atom stereocenters. The van der Waals surface area contributed by atoms with E-state index in [2.05, 4.69) is 44.0 Å². The first-order chi connectivity index (χ1) is 10.4. The third-order valence-electron chi connectivity index (χ3n) is 3.83. The maximum atomic E-state index is 5.05. The van der Waals surface area contributed by atoms with E-state index in [1.54, 1.807) is 7.11 Å². The second kappa shape index (κ2) is 6.63. The Bertz CT molecular complexity index is 558. The van der Waals surface area contributed by atoms with Crippen LogP contribution in [0.2, 0.25) is 0 Å². The van der Waals surface area contributed by atoms with E-state index in [1.165, 1.54) is 31.6 Å². The number of aromatic nitrogens is 2. The molecule has 3 rings (SSSR count). The molecule has 5 heteroatoms. The standard InChI is InChI=1S/C16H22N4O/c1-21-13-9-18-16-17-8-12-20(16)15-6-4-14(5-7-15)19-10-2-3-11-19/h4-8,12H,2-3,9-11,13H2,1H3,(H,17,18). The van der Waals surface area contributed by atoms with Crippen LogP contribution in [0, 0.1) is 0 Å². The van der Waals surface area contributed by atoms with E-state index in [4.69, 9.17) is 4.74 Å². The van der Waals surface area contributed by atoms with E-state index >= 15 is 0 Å². The van der Waals surface area contributed by atoms with Gasteiger partial charge in [-0.2, -0.15) is 0 Å². The highest BCUT2D eigenvalue weighted by atomic mass is 16.5. The van der Waals surface area contributed by atoms with Gasteiger partial charge in [-0.05, 0) is 37.1 Å². The van der Waals surface area contributed by atoms with Crippen LogP contribution in [0.25, 0.3) is 5.69 Å². The molecular weight excluding hydrogens is 264 g/mol. The topological polar surface area (TPSA) is 42.3 Å². The zero-order valence-electron chi connectivity index (χ0n) is 12.5. The number of nitrogens with zero attached hydrogens (tertiary/aromatic N) is 3. The molecule has 1 aromatic carbocycles. The molecule has 0 spiro atoms. The van der Waals surface area contributed by atoms with Gasteiger partial charge in [-0.15, -0.1) is 0 Å². The average Bonchev–Trinajstić information content (AvgIpc) is 3.19. The number of hydrogen-bond acceptors (Lipinski definition) is 4. The minimum absolute atomic E-state index is 0.667. The summed E-state index contributed by atoms with van der Waals surface area (Å²) < 4.78 is 7.11. The Hall–Kier alpha value is -2.01. The van der Waals surface area contributed by atoms with Crippen molar-refractivity contribution in [2.75, 3.05) is 43.6 Å². The molecule has 0 saturated carbocycles. The molecule has 1 aromatic heterocycles. The Balaban J connectivity index is 1.73. The van der Waals surface area contributed by atoms with Crippen LogP contribution >= 0.6 is 0 Å². The van der Waals surface area contributed by atoms with Gasteiger partial charge in [-0.1, -0.05) is 0 Å². The Morgan fingerprint density at radius 1 is 1.14 bits per heavy atom. The van der Waals surface area contributed by atoms with Crippen molar-refractivity contribution in [3.63, 3.8) is 0 Å². The lowest BCUT2D eigenvalue weighted by Crippen LogP contribution is -2.17. The second-order valence-electron chi connectivity index (χ2n) is 5.25. The van der Waals surface area contributed by atoms with E-state index in [0.29, 0.717) is 6.61 Å². The van der Waals surface area contributed by atoms with Crippen LogP contribution in [0.1, 0.15) is 12.8 Å². The van der Waals surface area contributed by atoms with Crippen LogP contribution in [-0.2, 0) is 4.74 Å². The predicted molar refractivity (Wildman–Crippen MR) is 85.4 cm³/mol. The van der Waals surface area contributed by atoms with Gasteiger partial charge in [0, 0.05) is 50.5 Å². The smallest absolute Gasteiger partial charge is 0.207 e. The number of anilines is 2. The van der Waals surface area contributed by atoms with Gasteiger partial charge in [0.25, 0.3) is 0 Å². The fraction of sp³-hybridized carbons (Fsp3) is 0.438. The predicted octanol–water partition coefficient (Wildman–Crippen LogP) is 2.53. The van der Waals surface area contributed by atoms with Crippen LogP contribution < -0.4 is 10.2 Å². The molecule has 0 bridgehead atoms. The number of imidazole rings is 1. The van der Waals surface area contributed by atoms with Gasteiger partial charge in [0.05, 0.1) is 6.61 Å². The third kappa shape index (κ3) is 3.19. The fourth-order valence-electron chi connectivity index (χ4n) is 2.71. The zero-order valence-corrected chi connectivity index (χ0v) is 12.5. The molecule has 2 aromatic rings. The highest BCUT2D eigenvalue weighted by Gasteiger charge is 2.12. The number of ether oxygens (including phenoxy) is 1. The summed E-state index contributed by atoms with van der Waals surface area (Å²) >= 11 is 0. The lowest BCUT2D eigenvalue weighted by molar-refractivity contribution is 0.210. The Morgan fingerprint density at radius 3 is 2.57 bits per heavy atom. The highest BCUT2D eigenvalue weighted by Crippen LogP contribution is 2.22. The molecule has 5 nitrogen and oxygen atoms in total. The van der Waals surface area contributed by atoms with E-state index < -0.39 is 0 Å². The monoisotopic (exact) mass is 286 g/mol. The summed E-state index contributed by atoms with van der Waals surface area (Å²) in [7, 11) is 1.70. The van der Waals surface area contributed by atoms with Crippen molar-refractivity contribution in [3.8, 4) is 5.69 Å². The van der Waals surface area contributed by atoms with Crippen molar-refractivity contribution in [2.24, 2.45) is 0 Å². The molecule has 1 aliphatic rings. The molecule has 112 valence electrons. The maximum absolute atomic E-state index is 5.05. The lowest BCUT2D eigenvalue weighted by atomic mass is 10.2. The Morgan fingerprint density at radius 2 is 1.86 bits per heavy atom. The van der Waals surface area contributed by atoms with Gasteiger partial charge in [0.15, 0.2) is 0 Å². The van der Waals surface area contributed by atoms with Gasteiger partial charge in [0.2, 0.25) is 5.95 Å². The molecular formula is C16H22N4O. The van der Waals surface area contributed by atoms with Crippen LogP contribution in [-0.4, -0.2) is 42.9 Å². The minimum Gasteiger partial charge on any atom is -0.383 e. The van der Waals surface area contributed by atoms with Crippen LogP contribution in [0.15, 0.2) is 36.7 Å². The van der Waals surface area contributed by atoms with E-state index in [0.717, 1.165) is 18.2 Å². The van der Waals surface area contributed by atoms with E-state index in [1.807, 2.05) is 12.4 Å². The maximum Gasteiger partial charge on any atom is 0.207 e. The summed E-state index contributed by atoms with van der Waals surface area (Å²) in [6.07, 6.45) is 6.39. The summed E-state index contributed by atoms with van der Waals surface area (Å²) in [4.78, 5) is 6.79. The van der Waals surface area contributed by atoms with Crippen molar-refractivity contribution < 1.29 is 4.74 Å². The summed E-state index contributed by atoms with van der Waals surface area (Å²) in [5.41, 5.74) is 2.43. The number of hydrogen-bond donors (Lipinski definition) is 1. The van der Waals surface area contributed by atoms with E-state index in [9.17, 15) is 0 Å². The molecule has 1 saturated heterocycles. The normalized spacial score (nSPS) is 14.6. The largest absolute Gasteiger partial charge is 0.383 e. The van der Waals surface area contributed by atoms with Gasteiger partial charge < -0.3 is 15.0 Å². The van der Waals surface area contributed by atoms with Crippen LogP contribution in [0.5, 0.6) is 0 Å². The van der Waals surface area contributed by atoms with Gasteiger partial charge >= 0.3 is 0 Å². The molecule has 0 atom stereocenters. The summed E-state index contributed by atoms with van der Waals surface area (Å²) in [5.74, 6) is 0.848. The molecule has 1 fully saturated rings. The van der Waals surface area contributed by atoms with Gasteiger partial charge in [-0.3, -0.25) is 4.57 Å². The summed E-state index contributed by atoms with van der Waals surface area (Å²) in [6, 6.07) is 8.69. The number of nitrogens with one attached hydrogen (secondary N) is 1. The van der Waals surface area contributed by atoms with Gasteiger partial charge in [0.1, 0.15) is 0 Å². The van der Waals surface area contributed by atoms with Crippen molar-refractivity contribution >= 4 is 11.6 Å². The number of benzene rings is 1. The van der Waals surface area contributed by atoms with Crippen molar-refractivity contribution in [1.82, 2.24) is 9.55 Å². The SMILES string of the molecule is COCCNc1nccn1-c1ccc(N2CCCC2)cc1. The molecule has 0 radical (unpaired) electrons. The Labute approximate surface area is 125 Å². The third-order valence-corrected chi connectivity index (χ3v) is 3.83. The lowest BCUT2D eigenvalue weighted by Gasteiger charge is -2.18. The summed E-state index contributed by atoms with van der Waals surface area (Å²) in [5, 5.41) is 3.28. The van der Waals surface area contributed by atoms with Crippen LogP contribution in [0.3, 0.4) is 0 Å². The summed E-state index contributed by atoms with van der Waals surface area (Å²) in [6.45, 7) is 3.77. The van der Waals surface area contributed by atoms with Crippen LogP contribution in [0.4, 0.5) is 11.6 Å². The zero-order chi connectivity index (χ0) is 14.5. The molecule has 21 heavy (non-hydrogen) atoms. The first-order valence-electron chi connectivity index (χ1n) is 7.50. The molecule has 1 aliphatic heterocycles. The second-order valence-corrected chi connectivity index (χ2v) is 5.25. The molecule has 0 amide bonds. The molecule has 1 N–H and O–H groups in total. The first-order valence-corrected chi connectivity index (χ1v) is 7.50. The molecule has 2 heterocycles. The highest BCUT2D eigenvalue weighted by molar-refractivity contribution is 5.53. The minimum atomic E-state index is 0.667.